The van der Waals surface area contributed by atoms with E-state index in [4.69, 9.17) is 0 Å². The van der Waals surface area contributed by atoms with Crippen LogP contribution in [-0.4, -0.2) is 18.3 Å². The van der Waals surface area contributed by atoms with E-state index in [0.717, 1.165) is 19.3 Å². The van der Waals surface area contributed by atoms with Crippen LogP contribution in [0.15, 0.2) is 12.3 Å². The zero-order chi connectivity index (χ0) is 9.23. The van der Waals surface area contributed by atoms with Crippen LogP contribution in [0.4, 0.5) is 0 Å². The van der Waals surface area contributed by atoms with E-state index in [1.54, 1.807) is 13.2 Å². The summed E-state index contributed by atoms with van der Waals surface area (Å²) in [6.07, 6.45) is 5.43. The molecule has 0 aliphatic carbocycles. The van der Waals surface area contributed by atoms with Crippen molar-refractivity contribution in [3.8, 4) is 11.8 Å². The van der Waals surface area contributed by atoms with Gasteiger partial charge in [-0.25, -0.2) is 0 Å². The van der Waals surface area contributed by atoms with Crippen molar-refractivity contribution in [3.63, 3.8) is 0 Å². The highest BCUT2D eigenvalue weighted by Gasteiger charge is 1.95. The van der Waals surface area contributed by atoms with E-state index in [9.17, 15) is 5.11 Å². The summed E-state index contributed by atoms with van der Waals surface area (Å²) in [5.41, 5.74) is 0. The second-order valence-corrected chi connectivity index (χ2v) is 2.49. The van der Waals surface area contributed by atoms with Crippen LogP contribution in [0.5, 0.6) is 0 Å². The van der Waals surface area contributed by atoms with Crippen molar-refractivity contribution in [1.29, 1.82) is 0 Å². The molecule has 1 unspecified atom stereocenters. The van der Waals surface area contributed by atoms with Crippen LogP contribution in [0.3, 0.4) is 0 Å². The topological polar surface area (TPSA) is 29.5 Å². The van der Waals surface area contributed by atoms with Gasteiger partial charge in [-0.15, -0.1) is 0 Å². The molecule has 2 heteroatoms. The number of unbranched alkanes of at least 4 members (excludes halogenated alkanes) is 1. The molecule has 0 fully saturated rings. The Morgan fingerprint density at radius 2 is 2.33 bits per heavy atom. The smallest absolute Gasteiger partial charge is 0.115 e. The standard InChI is InChI=1S/C10H16O2/c1-3-4-7-10(11)8-5-6-9-12-2/h6,9-11H,3-4,7H2,1-2H3. The van der Waals surface area contributed by atoms with Crippen LogP contribution in [0.25, 0.3) is 0 Å². The van der Waals surface area contributed by atoms with Gasteiger partial charge in [-0.1, -0.05) is 31.6 Å². The first-order chi connectivity index (χ1) is 5.81. The molecule has 0 saturated heterocycles. The third-order valence-corrected chi connectivity index (χ3v) is 1.37. The third kappa shape index (κ3) is 7.17. The molecule has 1 atom stereocenters. The lowest BCUT2D eigenvalue weighted by Crippen LogP contribution is -2.01. The summed E-state index contributed by atoms with van der Waals surface area (Å²) in [7, 11) is 1.56. The summed E-state index contributed by atoms with van der Waals surface area (Å²) in [5, 5.41) is 9.23. The van der Waals surface area contributed by atoms with Gasteiger partial charge in [0.1, 0.15) is 6.10 Å². The Morgan fingerprint density at radius 1 is 1.58 bits per heavy atom. The van der Waals surface area contributed by atoms with Crippen LogP contribution in [-0.2, 0) is 4.74 Å². The van der Waals surface area contributed by atoms with Gasteiger partial charge >= 0.3 is 0 Å². The van der Waals surface area contributed by atoms with E-state index in [1.807, 2.05) is 0 Å². The van der Waals surface area contributed by atoms with Crippen molar-refractivity contribution in [2.75, 3.05) is 7.11 Å². The lowest BCUT2D eigenvalue weighted by atomic mass is 10.2. The second-order valence-electron chi connectivity index (χ2n) is 2.49. The highest BCUT2D eigenvalue weighted by Crippen LogP contribution is 1.98. The minimum absolute atomic E-state index is 0.494. The van der Waals surface area contributed by atoms with Gasteiger partial charge in [0.05, 0.1) is 13.4 Å². The summed E-state index contributed by atoms with van der Waals surface area (Å²) in [4.78, 5) is 0. The van der Waals surface area contributed by atoms with E-state index in [0.29, 0.717) is 0 Å². The molecule has 0 aromatic heterocycles. The van der Waals surface area contributed by atoms with Gasteiger partial charge in [-0.3, -0.25) is 0 Å². The van der Waals surface area contributed by atoms with E-state index in [2.05, 4.69) is 23.5 Å². The fourth-order valence-corrected chi connectivity index (χ4v) is 0.716. The number of rotatable bonds is 4. The molecule has 0 spiro atoms. The van der Waals surface area contributed by atoms with E-state index in [1.165, 1.54) is 6.26 Å². The Balaban J connectivity index is 3.56. The van der Waals surface area contributed by atoms with Gasteiger partial charge in [0, 0.05) is 6.08 Å². The molecule has 0 saturated carbocycles. The average molecular weight is 168 g/mol. The minimum Gasteiger partial charge on any atom is -0.504 e. The Bertz CT molecular complexity index is 174. The molecule has 0 aliphatic heterocycles. The molecule has 0 heterocycles. The number of hydrogen-bond acceptors (Lipinski definition) is 2. The molecule has 0 amide bonds. The Kier molecular flexibility index (Phi) is 7.52. The van der Waals surface area contributed by atoms with E-state index >= 15 is 0 Å². The fourth-order valence-electron chi connectivity index (χ4n) is 0.716. The molecular formula is C10H16O2. The molecule has 1 N–H and O–H groups in total. The molecular weight excluding hydrogens is 152 g/mol. The van der Waals surface area contributed by atoms with Gasteiger partial charge in [-0.2, -0.15) is 0 Å². The monoisotopic (exact) mass is 168 g/mol. The molecule has 0 radical (unpaired) electrons. The Morgan fingerprint density at radius 3 is 2.92 bits per heavy atom. The van der Waals surface area contributed by atoms with Gasteiger partial charge < -0.3 is 9.84 Å². The maximum absolute atomic E-state index is 9.23. The highest BCUT2D eigenvalue weighted by molar-refractivity contribution is 5.16. The van der Waals surface area contributed by atoms with Crippen molar-refractivity contribution in [2.45, 2.75) is 32.3 Å². The van der Waals surface area contributed by atoms with Gasteiger partial charge in [0.2, 0.25) is 0 Å². The lowest BCUT2D eigenvalue weighted by molar-refractivity contribution is 0.218. The van der Waals surface area contributed by atoms with Crippen molar-refractivity contribution in [1.82, 2.24) is 0 Å². The molecule has 2 nitrogen and oxygen atoms in total. The molecule has 0 aromatic rings. The predicted octanol–water partition coefficient (Wildman–Crippen LogP) is 1.70. The highest BCUT2D eigenvalue weighted by atomic mass is 16.5. The number of aliphatic hydroxyl groups is 1. The molecule has 0 bridgehead atoms. The minimum atomic E-state index is -0.494. The molecule has 0 aromatic carbocycles. The summed E-state index contributed by atoms with van der Waals surface area (Å²) in [6, 6.07) is 0. The van der Waals surface area contributed by atoms with E-state index < -0.39 is 6.10 Å². The number of allylic oxidation sites excluding steroid dienone is 1. The molecule has 68 valence electrons. The van der Waals surface area contributed by atoms with Crippen molar-refractivity contribution in [3.05, 3.63) is 12.3 Å². The second kappa shape index (κ2) is 8.16. The first kappa shape index (κ1) is 11.1. The largest absolute Gasteiger partial charge is 0.504 e. The average Bonchev–Trinajstić information content (AvgIpc) is 2.09. The summed E-state index contributed by atoms with van der Waals surface area (Å²) < 4.78 is 4.64. The zero-order valence-electron chi connectivity index (χ0n) is 7.71. The van der Waals surface area contributed by atoms with E-state index in [-0.39, 0.29) is 0 Å². The molecule has 0 aliphatic rings. The van der Waals surface area contributed by atoms with Crippen LogP contribution >= 0.6 is 0 Å². The number of ether oxygens (including phenoxy) is 1. The maximum Gasteiger partial charge on any atom is 0.115 e. The van der Waals surface area contributed by atoms with Crippen LogP contribution in [0.2, 0.25) is 0 Å². The van der Waals surface area contributed by atoms with Crippen LogP contribution in [0, 0.1) is 11.8 Å². The van der Waals surface area contributed by atoms with Crippen molar-refractivity contribution < 1.29 is 9.84 Å². The van der Waals surface area contributed by atoms with Crippen LogP contribution in [0.1, 0.15) is 26.2 Å². The van der Waals surface area contributed by atoms with Gasteiger partial charge in [0.25, 0.3) is 0 Å². The first-order valence-electron chi connectivity index (χ1n) is 4.18. The quantitative estimate of drug-likeness (QED) is 0.511. The first-order valence-corrected chi connectivity index (χ1v) is 4.18. The fraction of sp³-hybridized carbons (Fsp3) is 0.600. The van der Waals surface area contributed by atoms with Gasteiger partial charge in [-0.05, 0) is 6.42 Å². The predicted molar refractivity (Wildman–Crippen MR) is 49.5 cm³/mol. The Hall–Kier alpha value is -0.940. The lowest BCUT2D eigenvalue weighted by Gasteiger charge is -1.98. The number of methoxy groups -OCH3 is 1. The molecule has 0 rings (SSSR count). The van der Waals surface area contributed by atoms with Crippen molar-refractivity contribution in [2.24, 2.45) is 0 Å². The summed E-state index contributed by atoms with van der Waals surface area (Å²) in [5.74, 6) is 5.38. The van der Waals surface area contributed by atoms with Crippen LogP contribution < -0.4 is 0 Å². The summed E-state index contributed by atoms with van der Waals surface area (Å²) in [6.45, 7) is 2.09. The third-order valence-electron chi connectivity index (χ3n) is 1.37. The van der Waals surface area contributed by atoms with Crippen molar-refractivity contribution >= 4 is 0 Å². The number of aliphatic hydroxyl groups excluding tert-OH is 1. The number of hydrogen-bond donors (Lipinski definition) is 1. The summed E-state index contributed by atoms with van der Waals surface area (Å²) >= 11 is 0. The Labute approximate surface area is 74.2 Å². The maximum atomic E-state index is 9.23. The molecule has 12 heavy (non-hydrogen) atoms. The SMILES string of the molecule is CCCCC(O)C#CC=COC. The normalized spacial score (nSPS) is 12.2. The van der Waals surface area contributed by atoms with Gasteiger partial charge in [0.15, 0.2) is 0 Å². The zero-order valence-corrected chi connectivity index (χ0v) is 7.71.